The van der Waals surface area contributed by atoms with E-state index in [2.05, 4.69) is 11.3 Å². The topological polar surface area (TPSA) is 52.3 Å². The van der Waals surface area contributed by atoms with Crippen LogP contribution >= 0.6 is 0 Å². The first kappa shape index (κ1) is 8.23. The molecule has 1 atom stereocenters. The molecule has 0 aliphatic carbocycles. The van der Waals surface area contributed by atoms with Gasteiger partial charge in [0.1, 0.15) is 14.5 Å². The second-order valence-corrected chi connectivity index (χ2v) is 1.44. The summed E-state index contributed by atoms with van der Waals surface area (Å²) >= 11 is 0. The average molecular weight is 125 g/mol. The Morgan fingerprint density at radius 2 is 2.56 bits per heavy atom. The van der Waals surface area contributed by atoms with E-state index >= 15 is 0 Å². The summed E-state index contributed by atoms with van der Waals surface area (Å²) in [6.45, 7) is 3.49. The maximum absolute atomic E-state index is 10.4. The Labute approximate surface area is 55.3 Å². The number of esters is 1. The third-order valence-corrected chi connectivity index (χ3v) is 0.616. The number of hydrogen-bond acceptors (Lipinski definition) is 3. The number of carbonyl (C=O) groups is 1. The van der Waals surface area contributed by atoms with Crippen LogP contribution in [0.15, 0.2) is 12.7 Å². The molecule has 0 aromatic rings. The normalized spacial score (nSPS) is 12.1. The largest absolute Gasteiger partial charge is 0.461 e. The van der Waals surface area contributed by atoms with E-state index in [-0.39, 0.29) is 6.61 Å². The summed E-state index contributed by atoms with van der Waals surface area (Å²) in [4.78, 5) is 10.4. The zero-order chi connectivity index (χ0) is 7.28. The van der Waals surface area contributed by atoms with Crippen LogP contribution < -0.4 is 5.73 Å². The molecule has 0 heterocycles. The van der Waals surface area contributed by atoms with Crippen molar-refractivity contribution < 1.29 is 9.53 Å². The molecule has 0 saturated carbocycles. The minimum Gasteiger partial charge on any atom is -0.461 e. The van der Waals surface area contributed by atoms with Crippen LogP contribution in [0.25, 0.3) is 0 Å². The molecule has 4 heteroatoms. The van der Waals surface area contributed by atoms with E-state index in [4.69, 9.17) is 13.6 Å². The van der Waals surface area contributed by atoms with Gasteiger partial charge in [-0.2, -0.15) is 0 Å². The maximum Gasteiger partial charge on any atom is 0.313 e. The molecule has 2 N–H and O–H groups in total. The van der Waals surface area contributed by atoms with Gasteiger partial charge in [-0.1, -0.05) is 12.7 Å². The second-order valence-electron chi connectivity index (χ2n) is 1.44. The Balaban J connectivity index is 3.38. The molecule has 0 fully saturated rings. The minimum atomic E-state index is -1.04. The first-order valence-corrected chi connectivity index (χ1v) is 2.47. The maximum atomic E-state index is 10.4. The number of rotatable bonds is 3. The van der Waals surface area contributed by atoms with E-state index < -0.39 is 11.9 Å². The molecule has 48 valence electrons. The lowest BCUT2D eigenvalue weighted by Gasteiger charge is -2.02. The number of carbonyl (C=O) groups excluding carboxylic acids is 1. The van der Waals surface area contributed by atoms with Gasteiger partial charge in [-0.15, -0.1) is 0 Å². The third-order valence-electron chi connectivity index (χ3n) is 0.616. The van der Waals surface area contributed by atoms with Crippen molar-refractivity contribution in [3.05, 3.63) is 12.7 Å². The molecule has 0 rings (SSSR count). The average Bonchev–Trinajstić information content (AvgIpc) is 1.82. The number of nitrogens with two attached hydrogens (primary N) is 1. The Kier molecular flexibility index (Phi) is 3.79. The summed E-state index contributed by atoms with van der Waals surface area (Å²) in [6, 6.07) is 0. The molecule has 0 amide bonds. The van der Waals surface area contributed by atoms with Crippen LogP contribution in [0.5, 0.6) is 0 Å². The summed E-state index contributed by atoms with van der Waals surface area (Å²) in [6.07, 6.45) is 1.44. The van der Waals surface area contributed by atoms with Gasteiger partial charge in [-0.25, -0.2) is 0 Å². The molecule has 0 aliphatic heterocycles. The smallest absolute Gasteiger partial charge is 0.313 e. The van der Waals surface area contributed by atoms with Gasteiger partial charge in [0.2, 0.25) is 0 Å². The molecule has 0 saturated heterocycles. The standard InChI is InChI=1S/C5H8BNO2/c1-2-3-9-5(8)4(6)7/h2,4H,1,3,7H2. The highest BCUT2D eigenvalue weighted by Crippen LogP contribution is 1.79. The quantitative estimate of drug-likeness (QED) is 0.304. The fraction of sp³-hybridized carbons (Fsp3) is 0.400. The van der Waals surface area contributed by atoms with E-state index in [0.717, 1.165) is 0 Å². The summed E-state index contributed by atoms with van der Waals surface area (Å²) in [5, 5.41) is 0. The van der Waals surface area contributed by atoms with Gasteiger partial charge >= 0.3 is 5.97 Å². The molecule has 9 heavy (non-hydrogen) atoms. The molecule has 1 unspecified atom stereocenters. The van der Waals surface area contributed by atoms with Gasteiger partial charge < -0.3 is 10.5 Å². The monoisotopic (exact) mass is 125 g/mol. The Morgan fingerprint density at radius 3 is 2.89 bits per heavy atom. The van der Waals surface area contributed by atoms with Crippen molar-refractivity contribution in [1.29, 1.82) is 0 Å². The summed E-state index contributed by atoms with van der Waals surface area (Å²) in [5.74, 6) is -1.65. The molecule has 2 radical (unpaired) electrons. The fourth-order valence-corrected chi connectivity index (χ4v) is 0.237. The second kappa shape index (κ2) is 4.15. The predicted octanol–water partition coefficient (Wildman–Crippen LogP) is -0.831. The predicted molar refractivity (Wildman–Crippen MR) is 34.9 cm³/mol. The van der Waals surface area contributed by atoms with Crippen LogP contribution in [0, 0.1) is 0 Å². The van der Waals surface area contributed by atoms with Crippen molar-refractivity contribution in [2.24, 2.45) is 5.73 Å². The summed E-state index contributed by atoms with van der Waals surface area (Å²) < 4.78 is 4.45. The van der Waals surface area contributed by atoms with E-state index in [9.17, 15) is 4.79 Å². The van der Waals surface area contributed by atoms with E-state index in [1.54, 1.807) is 0 Å². The fourth-order valence-electron chi connectivity index (χ4n) is 0.237. The van der Waals surface area contributed by atoms with Crippen LogP contribution in [-0.2, 0) is 9.53 Å². The lowest BCUT2D eigenvalue weighted by molar-refractivity contribution is -0.141. The van der Waals surface area contributed by atoms with E-state index in [1.165, 1.54) is 6.08 Å². The lowest BCUT2D eigenvalue weighted by Crippen LogP contribution is -2.32. The van der Waals surface area contributed by atoms with Gasteiger partial charge in [0.15, 0.2) is 0 Å². The van der Waals surface area contributed by atoms with Gasteiger partial charge in [0.05, 0.1) is 5.94 Å². The van der Waals surface area contributed by atoms with E-state index in [0.29, 0.717) is 0 Å². The molecule has 3 nitrogen and oxygen atoms in total. The summed E-state index contributed by atoms with van der Waals surface area (Å²) in [7, 11) is 4.95. The number of hydrogen-bond donors (Lipinski definition) is 1. The Morgan fingerprint density at radius 1 is 2.00 bits per heavy atom. The molecular weight excluding hydrogens is 117 g/mol. The zero-order valence-corrected chi connectivity index (χ0v) is 5.04. The van der Waals surface area contributed by atoms with Gasteiger partial charge in [-0.3, -0.25) is 4.79 Å². The molecule has 0 bridgehead atoms. The number of ether oxygens (including phenoxy) is 1. The van der Waals surface area contributed by atoms with Crippen LogP contribution in [0.2, 0.25) is 0 Å². The van der Waals surface area contributed by atoms with Crippen molar-refractivity contribution in [2.45, 2.75) is 5.94 Å². The van der Waals surface area contributed by atoms with Gasteiger partial charge in [0, 0.05) is 0 Å². The zero-order valence-electron chi connectivity index (χ0n) is 5.04. The van der Waals surface area contributed by atoms with Crippen molar-refractivity contribution >= 4 is 13.8 Å². The summed E-state index contributed by atoms with van der Waals surface area (Å²) in [5.41, 5.74) is 4.95. The van der Waals surface area contributed by atoms with Crippen LogP contribution in [0.1, 0.15) is 0 Å². The first-order chi connectivity index (χ1) is 4.18. The van der Waals surface area contributed by atoms with Crippen molar-refractivity contribution in [1.82, 2.24) is 0 Å². The van der Waals surface area contributed by atoms with Gasteiger partial charge in [0.25, 0.3) is 0 Å². The Hall–Kier alpha value is -0.765. The van der Waals surface area contributed by atoms with Crippen molar-refractivity contribution in [2.75, 3.05) is 6.61 Å². The molecule has 0 aliphatic rings. The van der Waals surface area contributed by atoms with Crippen LogP contribution in [0.4, 0.5) is 0 Å². The Bertz CT molecular complexity index is 114. The van der Waals surface area contributed by atoms with Crippen molar-refractivity contribution in [3.8, 4) is 0 Å². The molecule has 0 aromatic carbocycles. The van der Waals surface area contributed by atoms with Crippen LogP contribution in [0.3, 0.4) is 0 Å². The van der Waals surface area contributed by atoms with E-state index in [1.807, 2.05) is 0 Å². The first-order valence-electron chi connectivity index (χ1n) is 2.47. The lowest BCUT2D eigenvalue weighted by atomic mass is 9.99. The molecule has 0 aromatic heterocycles. The van der Waals surface area contributed by atoms with Gasteiger partial charge in [-0.05, 0) is 0 Å². The highest BCUT2D eigenvalue weighted by Gasteiger charge is 2.05. The molecule has 0 spiro atoms. The van der Waals surface area contributed by atoms with Crippen molar-refractivity contribution in [3.63, 3.8) is 0 Å². The van der Waals surface area contributed by atoms with Crippen LogP contribution in [-0.4, -0.2) is 26.4 Å². The third kappa shape index (κ3) is 3.79. The SMILES string of the molecule is [B]C(N)C(=O)OCC=C. The minimum absolute atomic E-state index is 0.156. The highest BCUT2D eigenvalue weighted by molar-refractivity contribution is 6.22. The molecular formula is C5H8BNO2. The highest BCUT2D eigenvalue weighted by atomic mass is 16.5.